The standard InChI is InChI=1S/C11H19NO2/c13-10-11(4-8-14-9-5-11)12-6-2-1-3-7-12/h10H,1-9H2. The molecule has 0 aromatic carbocycles. The zero-order chi connectivity index (χ0) is 9.86. The number of aldehydes is 1. The van der Waals surface area contributed by atoms with E-state index in [0.717, 1.165) is 39.1 Å². The highest BCUT2D eigenvalue weighted by molar-refractivity contribution is 5.64. The fourth-order valence-electron chi connectivity index (χ4n) is 2.57. The second kappa shape index (κ2) is 4.41. The van der Waals surface area contributed by atoms with Crippen molar-refractivity contribution in [2.75, 3.05) is 26.3 Å². The highest BCUT2D eigenvalue weighted by Crippen LogP contribution is 2.28. The Balaban J connectivity index is 2.04. The van der Waals surface area contributed by atoms with Gasteiger partial charge in [0.05, 0.1) is 5.54 Å². The average molecular weight is 197 g/mol. The Morgan fingerprint density at radius 1 is 1.07 bits per heavy atom. The van der Waals surface area contributed by atoms with Crippen LogP contribution in [0.2, 0.25) is 0 Å². The van der Waals surface area contributed by atoms with Crippen molar-refractivity contribution in [1.29, 1.82) is 0 Å². The molecule has 3 nitrogen and oxygen atoms in total. The smallest absolute Gasteiger partial charge is 0.140 e. The summed E-state index contributed by atoms with van der Waals surface area (Å²) in [5.41, 5.74) is -0.182. The van der Waals surface area contributed by atoms with E-state index in [-0.39, 0.29) is 5.54 Å². The Bertz CT molecular complexity index is 193. The van der Waals surface area contributed by atoms with Gasteiger partial charge in [-0.2, -0.15) is 0 Å². The van der Waals surface area contributed by atoms with Gasteiger partial charge < -0.3 is 9.53 Å². The highest BCUT2D eigenvalue weighted by Gasteiger charge is 2.38. The predicted molar refractivity (Wildman–Crippen MR) is 54.3 cm³/mol. The molecule has 2 rings (SSSR count). The Labute approximate surface area is 85.4 Å². The summed E-state index contributed by atoms with van der Waals surface area (Å²) >= 11 is 0. The molecule has 0 unspecified atom stereocenters. The van der Waals surface area contributed by atoms with Gasteiger partial charge in [-0.05, 0) is 38.8 Å². The largest absolute Gasteiger partial charge is 0.381 e. The third-order valence-electron chi connectivity index (χ3n) is 3.56. The molecule has 0 atom stereocenters. The first-order valence-electron chi connectivity index (χ1n) is 5.66. The quantitative estimate of drug-likeness (QED) is 0.623. The van der Waals surface area contributed by atoms with Crippen LogP contribution < -0.4 is 0 Å². The Hall–Kier alpha value is -0.410. The van der Waals surface area contributed by atoms with E-state index in [1.165, 1.54) is 25.5 Å². The number of hydrogen-bond donors (Lipinski definition) is 0. The summed E-state index contributed by atoms with van der Waals surface area (Å²) in [4.78, 5) is 13.7. The van der Waals surface area contributed by atoms with Crippen LogP contribution in [0.5, 0.6) is 0 Å². The first-order chi connectivity index (χ1) is 6.87. The first-order valence-corrected chi connectivity index (χ1v) is 5.66. The number of carbonyl (C=O) groups is 1. The molecule has 2 aliphatic rings. The summed E-state index contributed by atoms with van der Waals surface area (Å²) in [6.45, 7) is 3.68. The molecule has 0 radical (unpaired) electrons. The van der Waals surface area contributed by atoms with E-state index in [2.05, 4.69) is 4.90 Å². The van der Waals surface area contributed by atoms with Crippen LogP contribution in [0, 0.1) is 0 Å². The minimum absolute atomic E-state index is 0.182. The van der Waals surface area contributed by atoms with Gasteiger partial charge in [0.2, 0.25) is 0 Å². The van der Waals surface area contributed by atoms with Crippen molar-refractivity contribution in [2.24, 2.45) is 0 Å². The van der Waals surface area contributed by atoms with Crippen LogP contribution in [-0.2, 0) is 9.53 Å². The summed E-state index contributed by atoms with van der Waals surface area (Å²) in [6.07, 6.45) is 6.75. The third-order valence-corrected chi connectivity index (χ3v) is 3.56. The van der Waals surface area contributed by atoms with Crippen molar-refractivity contribution in [3.63, 3.8) is 0 Å². The molecule has 0 aromatic heterocycles. The summed E-state index contributed by atoms with van der Waals surface area (Å²) in [5, 5.41) is 0. The maximum atomic E-state index is 11.3. The van der Waals surface area contributed by atoms with Crippen molar-refractivity contribution < 1.29 is 9.53 Å². The zero-order valence-corrected chi connectivity index (χ0v) is 8.71. The van der Waals surface area contributed by atoms with E-state index < -0.39 is 0 Å². The van der Waals surface area contributed by atoms with Gasteiger partial charge in [0.15, 0.2) is 0 Å². The predicted octanol–water partition coefficient (Wildman–Crippen LogP) is 1.22. The second-order valence-corrected chi connectivity index (χ2v) is 4.38. The monoisotopic (exact) mass is 197 g/mol. The molecule has 2 aliphatic heterocycles. The molecule has 0 N–H and O–H groups in total. The van der Waals surface area contributed by atoms with Crippen molar-refractivity contribution in [3.8, 4) is 0 Å². The number of hydrogen-bond acceptors (Lipinski definition) is 3. The minimum atomic E-state index is -0.182. The topological polar surface area (TPSA) is 29.5 Å². The van der Waals surface area contributed by atoms with Gasteiger partial charge in [0.1, 0.15) is 6.29 Å². The molecule has 0 bridgehead atoms. The number of carbonyl (C=O) groups excluding carboxylic acids is 1. The highest BCUT2D eigenvalue weighted by atomic mass is 16.5. The van der Waals surface area contributed by atoms with Gasteiger partial charge in [0, 0.05) is 13.2 Å². The van der Waals surface area contributed by atoms with Gasteiger partial charge in [0.25, 0.3) is 0 Å². The van der Waals surface area contributed by atoms with Crippen LogP contribution in [0.15, 0.2) is 0 Å². The van der Waals surface area contributed by atoms with Gasteiger partial charge in [-0.25, -0.2) is 0 Å². The van der Waals surface area contributed by atoms with Crippen LogP contribution in [0.1, 0.15) is 32.1 Å². The minimum Gasteiger partial charge on any atom is -0.381 e. The molecule has 14 heavy (non-hydrogen) atoms. The lowest BCUT2D eigenvalue weighted by Gasteiger charge is -2.44. The number of ether oxygens (including phenoxy) is 1. The molecule has 3 heteroatoms. The summed E-state index contributed by atoms with van der Waals surface area (Å²) in [5.74, 6) is 0. The van der Waals surface area contributed by atoms with Crippen LogP contribution >= 0.6 is 0 Å². The number of nitrogens with zero attached hydrogens (tertiary/aromatic N) is 1. The van der Waals surface area contributed by atoms with Gasteiger partial charge in [-0.3, -0.25) is 4.90 Å². The second-order valence-electron chi connectivity index (χ2n) is 4.38. The fraction of sp³-hybridized carbons (Fsp3) is 0.909. The van der Waals surface area contributed by atoms with Crippen LogP contribution in [0.3, 0.4) is 0 Å². The molecule has 0 saturated carbocycles. The van der Waals surface area contributed by atoms with E-state index in [1.807, 2.05) is 0 Å². The Morgan fingerprint density at radius 3 is 2.29 bits per heavy atom. The molecular weight excluding hydrogens is 178 g/mol. The molecular formula is C11H19NO2. The molecule has 80 valence electrons. The van der Waals surface area contributed by atoms with Crippen LogP contribution in [0.4, 0.5) is 0 Å². The van der Waals surface area contributed by atoms with Crippen LogP contribution in [0.25, 0.3) is 0 Å². The van der Waals surface area contributed by atoms with Gasteiger partial charge >= 0.3 is 0 Å². The molecule has 2 fully saturated rings. The first kappa shape index (κ1) is 10.1. The van der Waals surface area contributed by atoms with Crippen molar-refractivity contribution in [2.45, 2.75) is 37.6 Å². The summed E-state index contributed by atoms with van der Waals surface area (Å²) in [7, 11) is 0. The lowest BCUT2D eigenvalue weighted by molar-refractivity contribution is -0.126. The number of piperidine rings is 1. The normalized spacial score (nSPS) is 28.6. The molecule has 0 aromatic rings. The zero-order valence-electron chi connectivity index (χ0n) is 8.71. The molecule has 0 amide bonds. The Kier molecular flexibility index (Phi) is 3.19. The lowest BCUT2D eigenvalue weighted by Crippen LogP contribution is -2.55. The van der Waals surface area contributed by atoms with Crippen molar-refractivity contribution in [1.82, 2.24) is 4.90 Å². The van der Waals surface area contributed by atoms with Gasteiger partial charge in [-0.1, -0.05) is 6.42 Å². The summed E-state index contributed by atoms with van der Waals surface area (Å²) in [6, 6.07) is 0. The molecule has 0 aliphatic carbocycles. The van der Waals surface area contributed by atoms with E-state index in [9.17, 15) is 4.79 Å². The summed E-state index contributed by atoms with van der Waals surface area (Å²) < 4.78 is 5.33. The van der Waals surface area contributed by atoms with E-state index in [4.69, 9.17) is 4.74 Å². The van der Waals surface area contributed by atoms with Crippen molar-refractivity contribution >= 4 is 6.29 Å². The lowest BCUT2D eigenvalue weighted by atomic mass is 9.88. The van der Waals surface area contributed by atoms with E-state index in [1.54, 1.807) is 0 Å². The van der Waals surface area contributed by atoms with E-state index >= 15 is 0 Å². The van der Waals surface area contributed by atoms with Crippen LogP contribution in [-0.4, -0.2) is 43.0 Å². The molecule has 2 heterocycles. The Morgan fingerprint density at radius 2 is 1.71 bits per heavy atom. The maximum absolute atomic E-state index is 11.3. The number of rotatable bonds is 2. The molecule has 0 spiro atoms. The SMILES string of the molecule is O=CC1(N2CCCCC2)CCOCC1. The molecule has 2 saturated heterocycles. The fourth-order valence-corrected chi connectivity index (χ4v) is 2.57. The average Bonchev–Trinajstić information content (AvgIpc) is 2.31. The number of likely N-dealkylation sites (tertiary alicyclic amines) is 1. The van der Waals surface area contributed by atoms with E-state index in [0.29, 0.717) is 0 Å². The van der Waals surface area contributed by atoms with Gasteiger partial charge in [-0.15, -0.1) is 0 Å². The third kappa shape index (κ3) is 1.84. The maximum Gasteiger partial charge on any atom is 0.140 e. The van der Waals surface area contributed by atoms with Crippen molar-refractivity contribution in [3.05, 3.63) is 0 Å².